The van der Waals surface area contributed by atoms with Crippen LogP contribution in [0.4, 0.5) is 11.4 Å². The summed E-state index contributed by atoms with van der Waals surface area (Å²) in [5.74, 6) is -8.42. The minimum absolute atomic E-state index is 0.0313. The summed E-state index contributed by atoms with van der Waals surface area (Å²) in [5.41, 5.74) is -0.957. The number of hydrogen-bond acceptors (Lipinski definition) is 16. The van der Waals surface area contributed by atoms with Gasteiger partial charge in [-0.1, -0.05) is 68.7 Å². The number of benzene rings is 6. The van der Waals surface area contributed by atoms with Crippen LogP contribution in [-0.2, 0) is 40.4 Å². The second kappa shape index (κ2) is 27.1. The number of aryl methyl sites for hydroxylation is 1. The largest absolute Gasteiger partial charge is 0.494 e. The second-order valence-electron chi connectivity index (χ2n) is 24.6. The van der Waals surface area contributed by atoms with Gasteiger partial charge in [0.1, 0.15) is 11.5 Å². The van der Waals surface area contributed by atoms with Crippen LogP contribution in [0.3, 0.4) is 0 Å². The number of amides is 4. The third-order valence-electron chi connectivity index (χ3n) is 18.5. The highest BCUT2D eigenvalue weighted by Gasteiger charge is 2.73. The Morgan fingerprint density at radius 2 is 0.892 bits per heavy atom. The van der Waals surface area contributed by atoms with Crippen LogP contribution in [0, 0.1) is 30.6 Å². The molecule has 20 nitrogen and oxygen atoms in total. The van der Waals surface area contributed by atoms with Gasteiger partial charge in [0.25, 0.3) is 22.2 Å². The Bertz CT molecular complexity index is 4340. The fourth-order valence-corrected chi connectivity index (χ4v) is 13.5. The smallest absolute Gasteiger partial charge is 0.338 e. The molecule has 2 saturated carbocycles. The quantitative estimate of drug-likeness (QED) is 0.0212. The van der Waals surface area contributed by atoms with Gasteiger partial charge in [0, 0.05) is 24.8 Å². The number of carbonyl (C=O) groups excluding carboxylic acids is 7. The van der Waals surface area contributed by atoms with Crippen molar-refractivity contribution in [2.24, 2.45) is 30.7 Å². The molecule has 2 saturated heterocycles. The number of unbranched alkanes of at least 4 members (excludes halogenated alkanes) is 5. The van der Waals surface area contributed by atoms with Gasteiger partial charge >= 0.3 is 11.9 Å². The first kappa shape index (κ1) is 63.2. The first-order valence-corrected chi connectivity index (χ1v) is 31.9. The number of hydrogen-bond donors (Lipinski definition) is 0. The molecule has 0 bridgehead atoms. The highest BCUT2D eigenvalue weighted by atomic mass is 16.5. The predicted octanol–water partition coefficient (Wildman–Crippen LogP) is 9.56. The molecule has 2 aliphatic heterocycles. The number of ketones is 1. The van der Waals surface area contributed by atoms with E-state index in [4.69, 9.17) is 23.7 Å². The lowest BCUT2D eigenvalue weighted by Gasteiger charge is -2.36. The summed E-state index contributed by atoms with van der Waals surface area (Å²) in [6, 6.07) is 34.2. The van der Waals surface area contributed by atoms with Crippen molar-refractivity contribution in [3.8, 4) is 17.2 Å². The number of rotatable bonds is 26. The lowest BCUT2D eigenvalue weighted by molar-refractivity contribution is -0.146. The number of aromatic nitrogens is 2. The van der Waals surface area contributed by atoms with Crippen molar-refractivity contribution < 1.29 is 57.2 Å². The van der Waals surface area contributed by atoms with Crippen molar-refractivity contribution in [3.05, 3.63) is 202 Å². The molecule has 2 aromatic heterocycles. The molecule has 12 rings (SSSR count). The molecule has 4 atom stereocenters. The lowest BCUT2D eigenvalue weighted by atomic mass is 9.59. The topological polar surface area (TPSA) is 250 Å². The molecular formula is C73H70N4O16. The molecule has 4 aliphatic rings. The molecule has 8 aromatic rings. The lowest BCUT2D eigenvalue weighted by Crippen LogP contribution is -2.50. The minimum atomic E-state index is -1.31. The van der Waals surface area contributed by atoms with Gasteiger partial charge in [0.2, 0.25) is 23.6 Å². The number of esters is 2. The molecule has 20 heteroatoms. The molecule has 4 fully saturated rings. The number of imide groups is 2. The maximum absolute atomic E-state index is 14.7. The van der Waals surface area contributed by atoms with Crippen LogP contribution >= 0.6 is 0 Å². The van der Waals surface area contributed by atoms with E-state index in [0.717, 1.165) is 65.2 Å². The Balaban J connectivity index is 0.694. The molecule has 4 unspecified atom stereocenters. The van der Waals surface area contributed by atoms with Gasteiger partial charge in [-0.2, -0.15) is 0 Å². The Hall–Kier alpha value is -9.95. The molecule has 6 aromatic carbocycles. The van der Waals surface area contributed by atoms with Gasteiger partial charge in [-0.25, -0.2) is 24.0 Å². The molecule has 2 aliphatic carbocycles. The second-order valence-corrected chi connectivity index (χ2v) is 24.6. The average molecular weight is 1260 g/mol. The summed E-state index contributed by atoms with van der Waals surface area (Å²) in [4.78, 5) is 155. The van der Waals surface area contributed by atoms with E-state index in [1.54, 1.807) is 61.5 Å². The Labute approximate surface area is 534 Å². The molecule has 0 N–H and O–H groups in total. The Kier molecular flexibility index (Phi) is 18.4. The first-order chi connectivity index (χ1) is 45.0. The molecule has 478 valence electrons. The Morgan fingerprint density at radius 1 is 0.441 bits per heavy atom. The van der Waals surface area contributed by atoms with E-state index >= 15 is 0 Å². The van der Waals surface area contributed by atoms with E-state index in [9.17, 15) is 52.7 Å². The Morgan fingerprint density at radius 3 is 1.42 bits per heavy atom. The van der Waals surface area contributed by atoms with Crippen LogP contribution in [0.15, 0.2) is 147 Å². The number of fused-ring (bicyclic) bond motifs is 6. The first-order valence-electron chi connectivity index (χ1n) is 31.9. The van der Waals surface area contributed by atoms with E-state index < -0.39 is 81.5 Å². The molecule has 4 heterocycles. The van der Waals surface area contributed by atoms with E-state index in [-0.39, 0.29) is 68.7 Å². The van der Waals surface area contributed by atoms with Crippen LogP contribution in [0.1, 0.15) is 138 Å². The van der Waals surface area contributed by atoms with Crippen molar-refractivity contribution in [1.82, 2.24) is 9.13 Å². The molecule has 0 spiro atoms. The molecule has 93 heavy (non-hydrogen) atoms. The van der Waals surface area contributed by atoms with Crippen molar-refractivity contribution in [3.63, 3.8) is 0 Å². The third kappa shape index (κ3) is 12.5. The highest BCUT2D eigenvalue weighted by Crippen LogP contribution is 2.58. The van der Waals surface area contributed by atoms with Crippen molar-refractivity contribution in [2.75, 3.05) is 42.8 Å². The van der Waals surface area contributed by atoms with Gasteiger partial charge < -0.3 is 23.7 Å². The highest BCUT2D eigenvalue weighted by molar-refractivity contribution is 6.32. The van der Waals surface area contributed by atoms with Gasteiger partial charge in [-0.15, -0.1) is 0 Å². The van der Waals surface area contributed by atoms with Crippen molar-refractivity contribution >= 4 is 74.3 Å². The standard InChI is InChI=1S/C73H70N4O16/c1-4-5-6-10-29-89-52-23-17-43(18-24-52)44-19-25-53(26-20-44)90-30-12-14-33-93-73(88)48-37-50(75-66(81)57-40-55-56(41-58(57)67(75)82)65(80)74(3)64(55)79)39-51(38-48)77-70(85)61-59-60(62(61)71(77)86)69(84)76(68(59)83)49-35-42(2)34-47(36-49)72(87)92-32-13-11-31-91-54-27-21-46(22-28-54)63(78)45-15-8-7-9-16-45/h7-9,15-16,19-22,25-28,34-41,43,52,59-62H,4-6,10-14,17-18,23-24,29-33H2,1-3H3. The van der Waals surface area contributed by atoms with Gasteiger partial charge in [-0.05, 0) is 167 Å². The SMILES string of the molecule is CCCCCCOC1CCC(c2ccc(OCCCCOC(=O)c3cc(N4C(=O)C5C6C(=O)N(c7cc(C)cc(C(=O)OCCCCOc8ccc(C(=O)c9ccccc9)cc8)c7)C(=O)C6C5C4=O)cc(-n4c(=O)c5cc6c(=O)n(C)c(=O)c6cc5c4=O)c3)cc2)CC1. The zero-order valence-corrected chi connectivity index (χ0v) is 51.9. The summed E-state index contributed by atoms with van der Waals surface area (Å²) < 4.78 is 30.9. The third-order valence-corrected chi connectivity index (χ3v) is 18.5. The van der Waals surface area contributed by atoms with E-state index in [1.165, 1.54) is 62.2 Å². The summed E-state index contributed by atoms with van der Waals surface area (Å²) in [6.07, 6.45) is 11.2. The molecular weight excluding hydrogens is 1190 g/mol. The predicted molar refractivity (Wildman–Crippen MR) is 345 cm³/mol. The maximum Gasteiger partial charge on any atom is 0.338 e. The summed E-state index contributed by atoms with van der Waals surface area (Å²) >= 11 is 0. The number of anilines is 2. The zero-order chi connectivity index (χ0) is 65.2. The minimum Gasteiger partial charge on any atom is -0.494 e. The summed E-state index contributed by atoms with van der Waals surface area (Å²) in [6.45, 7) is 5.27. The fraction of sp³-hybridized carbons (Fsp3) is 0.356. The molecule has 4 amide bonds. The maximum atomic E-state index is 14.7. The number of nitrogens with zero attached hydrogens (tertiary/aromatic N) is 4. The average Bonchev–Trinajstić information content (AvgIpc) is 1.52. The van der Waals surface area contributed by atoms with Gasteiger partial charge in [0.15, 0.2) is 5.78 Å². The fourth-order valence-electron chi connectivity index (χ4n) is 13.5. The monoisotopic (exact) mass is 1260 g/mol. The van der Waals surface area contributed by atoms with Gasteiger partial charge in [-0.3, -0.25) is 47.7 Å². The van der Waals surface area contributed by atoms with E-state index in [1.807, 2.05) is 18.2 Å². The van der Waals surface area contributed by atoms with Gasteiger partial charge in [0.05, 0.1) is 106 Å². The van der Waals surface area contributed by atoms with Crippen LogP contribution in [0.25, 0.3) is 27.2 Å². The zero-order valence-electron chi connectivity index (χ0n) is 51.9. The summed E-state index contributed by atoms with van der Waals surface area (Å²) in [7, 11) is 1.27. The van der Waals surface area contributed by atoms with Crippen LogP contribution in [-0.4, -0.2) is 89.6 Å². The summed E-state index contributed by atoms with van der Waals surface area (Å²) in [5, 5.41) is -0.565. The van der Waals surface area contributed by atoms with E-state index in [2.05, 4.69) is 19.1 Å². The number of ether oxygens (including phenoxy) is 5. The molecule has 0 radical (unpaired) electrons. The van der Waals surface area contributed by atoms with Crippen molar-refractivity contribution in [2.45, 2.75) is 103 Å². The van der Waals surface area contributed by atoms with Crippen molar-refractivity contribution in [1.29, 1.82) is 0 Å². The van der Waals surface area contributed by atoms with Crippen LogP contribution < -0.4 is 41.5 Å². The van der Waals surface area contributed by atoms with Crippen LogP contribution in [0.5, 0.6) is 11.5 Å². The van der Waals surface area contributed by atoms with E-state index in [0.29, 0.717) is 83.7 Å². The van der Waals surface area contributed by atoms with Crippen LogP contribution in [0.2, 0.25) is 0 Å². The number of carbonyl (C=O) groups is 7. The normalized spacial score (nSPS) is 19.3.